The van der Waals surface area contributed by atoms with E-state index >= 15 is 0 Å². The number of hydrogen-bond acceptors (Lipinski definition) is 7. The molecule has 0 unspecified atom stereocenters. The molecule has 2 aromatic rings. The summed E-state index contributed by atoms with van der Waals surface area (Å²) in [6.07, 6.45) is 6.08. The fraction of sp³-hybridized carbons (Fsp3) is 0.364. The number of methoxy groups -OCH3 is 1. The smallest absolute Gasteiger partial charge is 0.258 e. The van der Waals surface area contributed by atoms with E-state index in [0.29, 0.717) is 22.8 Å². The second-order valence-electron chi connectivity index (χ2n) is 7.24. The van der Waals surface area contributed by atoms with Crippen LogP contribution in [-0.4, -0.2) is 59.5 Å². The highest BCUT2D eigenvalue weighted by Gasteiger charge is 2.20. The lowest BCUT2D eigenvalue weighted by Crippen LogP contribution is -2.44. The van der Waals surface area contributed by atoms with Crippen LogP contribution < -0.4 is 21.1 Å². The van der Waals surface area contributed by atoms with Crippen molar-refractivity contribution >= 4 is 23.2 Å². The standard InChI is InChI=1S/C22H28N6O3/c1-3-28-10-7-17(8-11-28)26-21(29)16-4-5-19(25-14-16)27-22(30)18(13-23)15-6-9-24-20(12-15)31-2/h4-6,9,12-14,17H,3,7-8,10-11,23H2,1-2H3,(H,26,29)(H,25,27,30). The molecular weight excluding hydrogens is 396 g/mol. The van der Waals surface area contributed by atoms with Crippen LogP contribution in [0, 0.1) is 0 Å². The Morgan fingerprint density at radius 3 is 2.61 bits per heavy atom. The number of amides is 2. The highest BCUT2D eigenvalue weighted by Crippen LogP contribution is 2.19. The molecule has 1 fully saturated rings. The zero-order valence-electron chi connectivity index (χ0n) is 17.8. The monoisotopic (exact) mass is 424 g/mol. The van der Waals surface area contributed by atoms with Gasteiger partial charge in [0.05, 0.1) is 18.2 Å². The van der Waals surface area contributed by atoms with Crippen LogP contribution in [-0.2, 0) is 4.79 Å². The van der Waals surface area contributed by atoms with Crippen LogP contribution >= 0.6 is 0 Å². The van der Waals surface area contributed by atoms with Gasteiger partial charge in [0.15, 0.2) is 0 Å². The third kappa shape index (κ3) is 5.79. The number of carbonyl (C=O) groups is 2. The Kier molecular flexibility index (Phi) is 7.55. The molecule has 3 heterocycles. The van der Waals surface area contributed by atoms with Crippen LogP contribution in [0.5, 0.6) is 5.88 Å². The van der Waals surface area contributed by atoms with E-state index in [1.807, 2.05) is 0 Å². The minimum Gasteiger partial charge on any atom is -0.481 e. The number of ether oxygens (including phenoxy) is 1. The van der Waals surface area contributed by atoms with Crippen LogP contribution in [0.25, 0.3) is 5.57 Å². The first-order valence-electron chi connectivity index (χ1n) is 10.3. The number of carbonyl (C=O) groups excluding carboxylic acids is 2. The lowest BCUT2D eigenvalue weighted by Gasteiger charge is -2.31. The minimum absolute atomic E-state index is 0.160. The molecule has 0 bridgehead atoms. The number of nitrogens with one attached hydrogen (secondary N) is 2. The molecule has 0 aliphatic carbocycles. The average molecular weight is 425 g/mol. The predicted molar refractivity (Wildman–Crippen MR) is 118 cm³/mol. The van der Waals surface area contributed by atoms with E-state index in [-0.39, 0.29) is 17.5 Å². The van der Waals surface area contributed by atoms with E-state index in [1.54, 1.807) is 24.3 Å². The molecule has 0 aromatic carbocycles. The largest absolute Gasteiger partial charge is 0.481 e. The first-order valence-corrected chi connectivity index (χ1v) is 10.3. The summed E-state index contributed by atoms with van der Waals surface area (Å²) in [5.74, 6) is 0.103. The number of pyridine rings is 2. The van der Waals surface area contributed by atoms with Crippen LogP contribution in [0.3, 0.4) is 0 Å². The minimum atomic E-state index is -0.428. The topological polar surface area (TPSA) is 122 Å². The van der Waals surface area contributed by atoms with E-state index < -0.39 is 5.91 Å². The summed E-state index contributed by atoms with van der Waals surface area (Å²) in [6.45, 7) is 5.16. The fourth-order valence-corrected chi connectivity index (χ4v) is 3.44. The van der Waals surface area contributed by atoms with E-state index in [4.69, 9.17) is 10.5 Å². The first-order chi connectivity index (χ1) is 15.0. The summed E-state index contributed by atoms with van der Waals surface area (Å²) < 4.78 is 5.08. The zero-order valence-corrected chi connectivity index (χ0v) is 17.8. The van der Waals surface area contributed by atoms with Crippen molar-refractivity contribution in [1.82, 2.24) is 20.2 Å². The molecule has 1 aliphatic heterocycles. The Balaban J connectivity index is 1.59. The number of nitrogens with zero attached hydrogens (tertiary/aromatic N) is 3. The van der Waals surface area contributed by atoms with Crippen molar-refractivity contribution < 1.29 is 14.3 Å². The first kappa shape index (κ1) is 22.2. The third-order valence-corrected chi connectivity index (χ3v) is 5.30. The lowest BCUT2D eigenvalue weighted by molar-refractivity contribution is -0.111. The second-order valence-corrected chi connectivity index (χ2v) is 7.24. The van der Waals surface area contributed by atoms with E-state index in [0.717, 1.165) is 32.5 Å². The Morgan fingerprint density at radius 2 is 2.00 bits per heavy atom. The average Bonchev–Trinajstić information content (AvgIpc) is 2.80. The van der Waals surface area contributed by atoms with Crippen molar-refractivity contribution in [2.75, 3.05) is 32.1 Å². The number of piperidine rings is 1. The molecule has 1 saturated heterocycles. The molecule has 164 valence electrons. The maximum atomic E-state index is 12.6. The molecule has 0 spiro atoms. The third-order valence-electron chi connectivity index (χ3n) is 5.30. The van der Waals surface area contributed by atoms with Gasteiger partial charge in [-0.1, -0.05) is 6.92 Å². The fourth-order valence-electron chi connectivity index (χ4n) is 3.44. The van der Waals surface area contributed by atoms with Gasteiger partial charge in [-0.2, -0.15) is 0 Å². The lowest BCUT2D eigenvalue weighted by atomic mass is 10.0. The highest BCUT2D eigenvalue weighted by molar-refractivity contribution is 6.25. The molecule has 2 amide bonds. The van der Waals surface area contributed by atoms with Crippen molar-refractivity contribution in [2.45, 2.75) is 25.8 Å². The van der Waals surface area contributed by atoms with Crippen LogP contribution in [0.1, 0.15) is 35.7 Å². The van der Waals surface area contributed by atoms with Crippen molar-refractivity contribution in [3.63, 3.8) is 0 Å². The number of aromatic nitrogens is 2. The summed E-state index contributed by atoms with van der Waals surface area (Å²) in [7, 11) is 1.49. The molecule has 0 atom stereocenters. The molecule has 0 saturated carbocycles. The molecule has 2 aromatic heterocycles. The normalized spacial score (nSPS) is 15.4. The molecule has 1 aliphatic rings. The maximum absolute atomic E-state index is 12.6. The van der Waals surface area contributed by atoms with Gasteiger partial charge in [0.25, 0.3) is 11.8 Å². The van der Waals surface area contributed by atoms with Crippen LogP contribution in [0.15, 0.2) is 42.9 Å². The van der Waals surface area contributed by atoms with E-state index in [9.17, 15) is 9.59 Å². The predicted octanol–water partition coefficient (Wildman–Crippen LogP) is 1.64. The Hall–Kier alpha value is -3.46. The molecular formula is C22H28N6O3. The van der Waals surface area contributed by atoms with Gasteiger partial charge in [-0.3, -0.25) is 9.59 Å². The van der Waals surface area contributed by atoms with Crippen molar-refractivity contribution in [1.29, 1.82) is 0 Å². The maximum Gasteiger partial charge on any atom is 0.258 e. The summed E-state index contributed by atoms with van der Waals surface area (Å²) in [4.78, 5) is 35.7. The molecule has 9 heteroatoms. The van der Waals surface area contributed by atoms with Gasteiger partial charge in [-0.15, -0.1) is 0 Å². The van der Waals surface area contributed by atoms with Crippen molar-refractivity contribution in [3.05, 3.63) is 54.0 Å². The molecule has 3 rings (SSSR count). The number of likely N-dealkylation sites (tertiary alicyclic amines) is 1. The highest BCUT2D eigenvalue weighted by atomic mass is 16.5. The zero-order chi connectivity index (χ0) is 22.2. The Morgan fingerprint density at radius 1 is 1.23 bits per heavy atom. The van der Waals surface area contributed by atoms with Crippen LogP contribution in [0.4, 0.5) is 5.82 Å². The van der Waals surface area contributed by atoms with Gasteiger partial charge in [0.1, 0.15) is 5.82 Å². The second kappa shape index (κ2) is 10.5. The molecule has 31 heavy (non-hydrogen) atoms. The van der Waals surface area contributed by atoms with Gasteiger partial charge >= 0.3 is 0 Å². The quantitative estimate of drug-likeness (QED) is 0.578. The Bertz CT molecular complexity index is 937. The van der Waals surface area contributed by atoms with E-state index in [1.165, 1.54) is 25.7 Å². The van der Waals surface area contributed by atoms with Crippen molar-refractivity contribution in [2.24, 2.45) is 5.73 Å². The Labute approximate surface area is 181 Å². The van der Waals surface area contributed by atoms with E-state index in [2.05, 4.69) is 32.4 Å². The number of anilines is 1. The number of hydrogen-bond donors (Lipinski definition) is 3. The summed E-state index contributed by atoms with van der Waals surface area (Å²) in [5, 5.41) is 5.75. The summed E-state index contributed by atoms with van der Waals surface area (Å²) in [5.41, 5.74) is 6.93. The summed E-state index contributed by atoms with van der Waals surface area (Å²) in [6, 6.07) is 6.68. The molecule has 9 nitrogen and oxygen atoms in total. The van der Waals surface area contributed by atoms with Crippen LogP contribution in [0.2, 0.25) is 0 Å². The molecule has 0 radical (unpaired) electrons. The summed E-state index contributed by atoms with van der Waals surface area (Å²) >= 11 is 0. The van der Waals surface area contributed by atoms with Gasteiger partial charge in [-0.25, -0.2) is 9.97 Å². The van der Waals surface area contributed by atoms with Gasteiger partial charge in [-0.05, 0) is 43.1 Å². The van der Waals surface area contributed by atoms with Gasteiger partial charge < -0.3 is 26.0 Å². The van der Waals surface area contributed by atoms with Gasteiger partial charge in [0.2, 0.25) is 5.88 Å². The number of rotatable bonds is 7. The molecule has 4 N–H and O–H groups in total. The SMILES string of the molecule is CCN1CCC(NC(=O)c2ccc(NC(=O)C(=CN)c3ccnc(OC)c3)nc2)CC1. The number of nitrogens with two attached hydrogens (primary N) is 1. The van der Waals surface area contributed by atoms with Crippen molar-refractivity contribution in [3.8, 4) is 5.88 Å². The van der Waals surface area contributed by atoms with Gasteiger partial charge in [0, 0.05) is 43.8 Å².